The molecule has 0 aliphatic carbocycles. The van der Waals surface area contributed by atoms with Gasteiger partial charge < -0.3 is 16.1 Å². The topological polar surface area (TPSA) is 44.5 Å². The van der Waals surface area contributed by atoms with E-state index in [1.165, 1.54) is 29.8 Å². The molecule has 1 saturated heterocycles. The Hall–Kier alpha value is -1.42. The van der Waals surface area contributed by atoms with Crippen molar-refractivity contribution in [1.29, 1.82) is 0 Å². The number of hydrogen-bond acceptors (Lipinski definition) is 4. The normalized spacial score (nSPS) is 19.9. The molecule has 2 aliphatic rings. The third kappa shape index (κ3) is 1.50. The summed E-state index contributed by atoms with van der Waals surface area (Å²) in [5.41, 5.74) is 14.1. The SMILES string of the molecule is CN1Cc2cc(N)c(N3CCCC3)cc2N1. The molecular formula is C12H18N4. The van der Waals surface area contributed by atoms with Crippen LogP contribution in [0.1, 0.15) is 18.4 Å². The lowest BCUT2D eigenvalue weighted by atomic mass is 10.1. The van der Waals surface area contributed by atoms with Crippen LogP contribution in [0.5, 0.6) is 0 Å². The third-order valence-electron chi connectivity index (χ3n) is 3.42. The maximum absolute atomic E-state index is 6.13. The van der Waals surface area contributed by atoms with E-state index in [0.717, 1.165) is 25.3 Å². The summed E-state index contributed by atoms with van der Waals surface area (Å²) < 4.78 is 0. The van der Waals surface area contributed by atoms with Gasteiger partial charge in [0.25, 0.3) is 0 Å². The van der Waals surface area contributed by atoms with Gasteiger partial charge in [0.1, 0.15) is 0 Å². The number of nitrogens with two attached hydrogens (primary N) is 1. The van der Waals surface area contributed by atoms with Crippen LogP contribution >= 0.6 is 0 Å². The van der Waals surface area contributed by atoms with Crippen LogP contribution in [0.25, 0.3) is 0 Å². The van der Waals surface area contributed by atoms with Gasteiger partial charge in [0, 0.05) is 26.7 Å². The van der Waals surface area contributed by atoms with Crippen molar-refractivity contribution in [1.82, 2.24) is 5.01 Å². The van der Waals surface area contributed by atoms with Gasteiger partial charge in [-0.2, -0.15) is 0 Å². The third-order valence-corrected chi connectivity index (χ3v) is 3.42. The molecule has 3 rings (SSSR count). The monoisotopic (exact) mass is 218 g/mol. The summed E-state index contributed by atoms with van der Waals surface area (Å²) in [5.74, 6) is 0. The first kappa shape index (κ1) is 9.78. The van der Waals surface area contributed by atoms with Gasteiger partial charge in [-0.1, -0.05) is 0 Å². The predicted octanol–water partition coefficient (Wildman–Crippen LogP) is 1.64. The van der Waals surface area contributed by atoms with Gasteiger partial charge in [-0.05, 0) is 30.5 Å². The fourth-order valence-electron chi connectivity index (χ4n) is 2.62. The Kier molecular flexibility index (Phi) is 2.17. The van der Waals surface area contributed by atoms with Gasteiger partial charge >= 0.3 is 0 Å². The average Bonchev–Trinajstić information content (AvgIpc) is 2.83. The van der Waals surface area contributed by atoms with Crippen LogP contribution < -0.4 is 16.1 Å². The van der Waals surface area contributed by atoms with E-state index < -0.39 is 0 Å². The second-order valence-corrected chi connectivity index (χ2v) is 4.73. The molecule has 0 atom stereocenters. The molecule has 4 nitrogen and oxygen atoms in total. The highest BCUT2D eigenvalue weighted by atomic mass is 15.5. The van der Waals surface area contributed by atoms with E-state index in [1.54, 1.807) is 0 Å². The molecule has 0 amide bonds. The average molecular weight is 218 g/mol. The summed E-state index contributed by atoms with van der Waals surface area (Å²) in [4.78, 5) is 2.38. The molecule has 0 aromatic heterocycles. The van der Waals surface area contributed by atoms with E-state index >= 15 is 0 Å². The standard InChI is InChI=1S/C12H18N4/c1-15-8-9-6-10(13)12(7-11(9)14-15)16-4-2-3-5-16/h6-7,14H,2-5,8,13H2,1H3. The molecule has 0 saturated carbocycles. The molecule has 0 unspecified atom stereocenters. The van der Waals surface area contributed by atoms with Crippen LogP contribution in [0.2, 0.25) is 0 Å². The van der Waals surface area contributed by atoms with E-state index in [-0.39, 0.29) is 0 Å². The molecule has 4 heteroatoms. The van der Waals surface area contributed by atoms with Gasteiger partial charge in [0.05, 0.1) is 17.1 Å². The van der Waals surface area contributed by atoms with E-state index in [2.05, 4.69) is 27.5 Å². The summed E-state index contributed by atoms with van der Waals surface area (Å²) in [7, 11) is 2.05. The number of nitrogens with zero attached hydrogens (tertiary/aromatic N) is 2. The Morgan fingerprint density at radius 3 is 2.75 bits per heavy atom. The van der Waals surface area contributed by atoms with Crippen LogP contribution in [-0.4, -0.2) is 25.1 Å². The van der Waals surface area contributed by atoms with Gasteiger partial charge in [-0.15, -0.1) is 0 Å². The zero-order chi connectivity index (χ0) is 11.1. The van der Waals surface area contributed by atoms with Crippen molar-refractivity contribution < 1.29 is 0 Å². The quantitative estimate of drug-likeness (QED) is 0.703. The minimum absolute atomic E-state index is 0.915. The van der Waals surface area contributed by atoms with E-state index in [4.69, 9.17) is 5.73 Å². The van der Waals surface area contributed by atoms with Crippen molar-refractivity contribution >= 4 is 17.1 Å². The first-order valence-electron chi connectivity index (χ1n) is 5.89. The Morgan fingerprint density at radius 2 is 2.00 bits per heavy atom. The summed E-state index contributed by atoms with van der Waals surface area (Å²) in [6.45, 7) is 3.21. The van der Waals surface area contributed by atoms with Gasteiger partial charge in [0.15, 0.2) is 0 Å². The fourth-order valence-corrected chi connectivity index (χ4v) is 2.62. The first-order chi connectivity index (χ1) is 7.74. The number of hydrazine groups is 1. The molecule has 86 valence electrons. The minimum Gasteiger partial charge on any atom is -0.397 e. The Morgan fingerprint density at radius 1 is 1.25 bits per heavy atom. The Bertz CT molecular complexity index is 410. The predicted molar refractivity (Wildman–Crippen MR) is 67.4 cm³/mol. The second kappa shape index (κ2) is 3.56. The van der Waals surface area contributed by atoms with Crippen LogP contribution in [0.4, 0.5) is 17.1 Å². The molecule has 0 bridgehead atoms. The number of anilines is 3. The van der Waals surface area contributed by atoms with Gasteiger partial charge in [0.2, 0.25) is 0 Å². The molecule has 1 aromatic rings. The molecule has 1 fully saturated rings. The van der Waals surface area contributed by atoms with E-state index in [9.17, 15) is 0 Å². The first-order valence-corrected chi connectivity index (χ1v) is 5.89. The number of benzene rings is 1. The summed E-state index contributed by atoms with van der Waals surface area (Å²) in [6, 6.07) is 4.30. The lowest BCUT2D eigenvalue weighted by Gasteiger charge is -2.20. The van der Waals surface area contributed by atoms with Gasteiger partial charge in [-0.3, -0.25) is 0 Å². The van der Waals surface area contributed by atoms with Gasteiger partial charge in [-0.25, -0.2) is 5.01 Å². The Balaban J connectivity index is 1.97. The fraction of sp³-hybridized carbons (Fsp3) is 0.500. The zero-order valence-corrected chi connectivity index (χ0v) is 9.66. The molecule has 2 heterocycles. The number of fused-ring (bicyclic) bond motifs is 1. The van der Waals surface area contributed by atoms with Crippen molar-refractivity contribution in [3.8, 4) is 0 Å². The van der Waals surface area contributed by atoms with Crippen molar-refractivity contribution in [2.45, 2.75) is 19.4 Å². The van der Waals surface area contributed by atoms with Crippen LogP contribution in [0.3, 0.4) is 0 Å². The molecule has 1 aromatic carbocycles. The van der Waals surface area contributed by atoms with Crippen LogP contribution in [-0.2, 0) is 6.54 Å². The zero-order valence-electron chi connectivity index (χ0n) is 9.66. The summed E-state index contributed by atoms with van der Waals surface area (Å²) >= 11 is 0. The smallest absolute Gasteiger partial charge is 0.0621 e. The highest BCUT2D eigenvalue weighted by Crippen LogP contribution is 2.35. The summed E-state index contributed by atoms with van der Waals surface area (Å²) in [6.07, 6.45) is 2.56. The lowest BCUT2D eigenvalue weighted by molar-refractivity contribution is 0.422. The maximum atomic E-state index is 6.13. The van der Waals surface area contributed by atoms with Crippen LogP contribution in [0.15, 0.2) is 12.1 Å². The lowest BCUT2D eigenvalue weighted by Crippen LogP contribution is -2.19. The number of hydrogen-bond donors (Lipinski definition) is 2. The molecule has 16 heavy (non-hydrogen) atoms. The number of rotatable bonds is 1. The Labute approximate surface area is 96.0 Å². The highest BCUT2D eigenvalue weighted by molar-refractivity contribution is 5.76. The highest BCUT2D eigenvalue weighted by Gasteiger charge is 2.20. The van der Waals surface area contributed by atoms with Crippen molar-refractivity contribution in [3.05, 3.63) is 17.7 Å². The molecular weight excluding hydrogens is 200 g/mol. The van der Waals surface area contributed by atoms with Crippen molar-refractivity contribution in [2.75, 3.05) is 36.2 Å². The van der Waals surface area contributed by atoms with Crippen molar-refractivity contribution in [3.63, 3.8) is 0 Å². The van der Waals surface area contributed by atoms with E-state index in [0.29, 0.717) is 0 Å². The van der Waals surface area contributed by atoms with Crippen molar-refractivity contribution in [2.24, 2.45) is 0 Å². The van der Waals surface area contributed by atoms with Crippen LogP contribution in [0, 0.1) is 0 Å². The maximum Gasteiger partial charge on any atom is 0.0621 e. The summed E-state index contributed by atoms with van der Waals surface area (Å²) in [5, 5.41) is 2.08. The molecule has 3 N–H and O–H groups in total. The largest absolute Gasteiger partial charge is 0.397 e. The number of nitrogen functional groups attached to an aromatic ring is 1. The number of nitrogens with one attached hydrogen (secondary N) is 1. The van der Waals surface area contributed by atoms with E-state index in [1.807, 2.05) is 7.05 Å². The molecule has 2 aliphatic heterocycles. The molecule has 0 radical (unpaired) electrons. The minimum atomic E-state index is 0.915. The second-order valence-electron chi connectivity index (χ2n) is 4.73. The molecule has 0 spiro atoms.